The first kappa shape index (κ1) is 44.8. The predicted molar refractivity (Wildman–Crippen MR) is 242 cm³/mol. The van der Waals surface area contributed by atoms with E-state index in [0.29, 0.717) is 66.2 Å². The minimum atomic E-state index is -1.02. The van der Waals surface area contributed by atoms with Gasteiger partial charge in [-0.1, -0.05) is 19.8 Å². The number of likely N-dealkylation sites (tertiary alicyclic amines) is 1. The van der Waals surface area contributed by atoms with Crippen molar-refractivity contribution in [3.05, 3.63) is 59.3 Å². The summed E-state index contributed by atoms with van der Waals surface area (Å²) in [6, 6.07) is 7.82. The van der Waals surface area contributed by atoms with Gasteiger partial charge in [0.2, 0.25) is 23.7 Å². The second kappa shape index (κ2) is 18.1. The van der Waals surface area contributed by atoms with Gasteiger partial charge in [-0.2, -0.15) is 4.98 Å². The third-order valence-corrected chi connectivity index (χ3v) is 15.3. The van der Waals surface area contributed by atoms with Crippen LogP contribution in [0.4, 0.5) is 37.6 Å². The van der Waals surface area contributed by atoms with E-state index in [1.165, 1.54) is 12.1 Å². The Labute approximate surface area is 378 Å². The van der Waals surface area contributed by atoms with Crippen molar-refractivity contribution in [3.8, 4) is 5.75 Å². The Morgan fingerprint density at radius 2 is 1.75 bits per heavy atom. The van der Waals surface area contributed by atoms with Crippen LogP contribution in [-0.4, -0.2) is 115 Å². The molecule has 4 amide bonds. The average molecular weight is 898 g/mol. The van der Waals surface area contributed by atoms with E-state index >= 15 is 8.78 Å². The van der Waals surface area contributed by atoms with E-state index in [1.807, 2.05) is 11.8 Å². The summed E-state index contributed by atoms with van der Waals surface area (Å²) in [5, 5.41) is 19.0. The molecule has 4 aliphatic heterocycles. The van der Waals surface area contributed by atoms with Crippen molar-refractivity contribution in [2.75, 3.05) is 73.5 Å². The van der Waals surface area contributed by atoms with Crippen LogP contribution in [0.1, 0.15) is 112 Å². The Morgan fingerprint density at radius 3 is 2.43 bits per heavy atom. The number of benzene rings is 2. The normalized spacial score (nSPS) is 24.2. The number of rotatable bonds is 13. The molecular formula is C48H61F2N9O6. The van der Waals surface area contributed by atoms with Crippen LogP contribution < -0.4 is 35.4 Å². The van der Waals surface area contributed by atoms with Crippen LogP contribution in [0.2, 0.25) is 0 Å². The van der Waals surface area contributed by atoms with Gasteiger partial charge >= 0.3 is 0 Å². The predicted octanol–water partition coefficient (Wildman–Crippen LogP) is 5.78. The maximum atomic E-state index is 15.3. The van der Waals surface area contributed by atoms with Crippen LogP contribution in [-0.2, 0) is 14.4 Å². The van der Waals surface area contributed by atoms with Crippen molar-refractivity contribution in [2.45, 2.75) is 114 Å². The van der Waals surface area contributed by atoms with E-state index in [-0.39, 0.29) is 54.3 Å². The number of hydrogen-bond donors (Lipinski definition) is 4. The number of imide groups is 1. The number of piperidine rings is 1. The summed E-state index contributed by atoms with van der Waals surface area (Å²) >= 11 is 0. The quantitative estimate of drug-likeness (QED) is 0.153. The third-order valence-electron chi connectivity index (χ3n) is 15.3. The number of aliphatic hydroxyl groups is 1. The van der Waals surface area contributed by atoms with Gasteiger partial charge in [0.25, 0.3) is 5.91 Å². The number of ether oxygens (including phenoxy) is 1. The number of fused-ring (bicyclic) bond motifs is 1. The van der Waals surface area contributed by atoms with Crippen molar-refractivity contribution < 1.29 is 37.8 Å². The summed E-state index contributed by atoms with van der Waals surface area (Å²) in [4.78, 5) is 69.0. The molecule has 2 saturated carbocycles. The van der Waals surface area contributed by atoms with Crippen LogP contribution in [0.15, 0.2) is 36.5 Å². The zero-order valence-corrected chi connectivity index (χ0v) is 37.6. The maximum Gasteiger partial charge on any atom is 0.251 e. The van der Waals surface area contributed by atoms with E-state index < -0.39 is 34.9 Å². The molecule has 17 heteroatoms. The fourth-order valence-electron chi connectivity index (χ4n) is 11.7. The van der Waals surface area contributed by atoms with Gasteiger partial charge < -0.3 is 40.1 Å². The van der Waals surface area contributed by atoms with Gasteiger partial charge in [-0.15, -0.1) is 0 Å². The summed E-state index contributed by atoms with van der Waals surface area (Å²) in [6.45, 7) is 6.13. The molecule has 0 radical (unpaired) electrons. The Balaban J connectivity index is 0.791. The molecule has 15 nitrogen and oxygen atoms in total. The van der Waals surface area contributed by atoms with Crippen molar-refractivity contribution in [2.24, 2.45) is 11.3 Å². The smallest absolute Gasteiger partial charge is 0.251 e. The number of nitrogens with zero attached hydrogens (tertiary/aromatic N) is 6. The van der Waals surface area contributed by atoms with Gasteiger partial charge in [0.1, 0.15) is 29.1 Å². The van der Waals surface area contributed by atoms with E-state index in [1.54, 1.807) is 43.5 Å². The maximum absolute atomic E-state index is 15.3. The van der Waals surface area contributed by atoms with Gasteiger partial charge in [0.05, 0.1) is 24.9 Å². The van der Waals surface area contributed by atoms with Crippen LogP contribution in [0.5, 0.6) is 5.75 Å². The molecule has 348 valence electrons. The number of nitrogens with one attached hydrogen (secondary N) is 3. The molecule has 4 N–H and O–H groups in total. The Bertz CT molecular complexity index is 2300. The third kappa shape index (κ3) is 8.73. The molecule has 9 rings (SSSR count). The molecule has 3 atom stereocenters. The van der Waals surface area contributed by atoms with Crippen LogP contribution in [0.25, 0.3) is 0 Å². The molecule has 3 saturated heterocycles. The minimum Gasteiger partial charge on any atom is -0.495 e. The molecular weight excluding hydrogens is 837 g/mol. The summed E-state index contributed by atoms with van der Waals surface area (Å²) in [5.41, 5.74) is 1.50. The Hall–Kier alpha value is -5.42. The molecule has 2 aliphatic carbocycles. The zero-order chi connectivity index (χ0) is 45.6. The zero-order valence-electron chi connectivity index (χ0n) is 37.6. The van der Waals surface area contributed by atoms with Gasteiger partial charge in [-0.25, -0.2) is 13.8 Å². The molecule has 1 aromatic heterocycles. The lowest BCUT2D eigenvalue weighted by atomic mass is 9.62. The van der Waals surface area contributed by atoms with Gasteiger partial charge in [0.15, 0.2) is 5.82 Å². The van der Waals surface area contributed by atoms with E-state index in [0.717, 1.165) is 83.2 Å². The van der Waals surface area contributed by atoms with Crippen LogP contribution in [0.3, 0.4) is 0 Å². The summed E-state index contributed by atoms with van der Waals surface area (Å²) in [5.74, 6) is -1.93. The van der Waals surface area contributed by atoms with E-state index in [9.17, 15) is 24.3 Å². The number of aliphatic hydroxyl groups excluding tert-OH is 1. The lowest BCUT2D eigenvalue weighted by Gasteiger charge is -2.56. The first-order chi connectivity index (χ1) is 31.3. The molecule has 3 aromatic rings. The largest absolute Gasteiger partial charge is 0.495 e. The molecule has 6 aliphatic rings. The monoisotopic (exact) mass is 897 g/mol. The number of methoxy groups -OCH3 is 1. The van der Waals surface area contributed by atoms with E-state index in [4.69, 9.17) is 9.72 Å². The molecule has 5 fully saturated rings. The number of amides is 4. The summed E-state index contributed by atoms with van der Waals surface area (Å²) < 4.78 is 36.3. The molecule has 65 heavy (non-hydrogen) atoms. The molecule has 1 spiro atoms. The lowest BCUT2D eigenvalue weighted by molar-refractivity contribution is -0.134. The average Bonchev–Trinajstić information content (AvgIpc) is 3.99. The first-order valence-corrected chi connectivity index (χ1v) is 23.4. The fraction of sp³-hybridized carbons (Fsp3) is 0.583. The first-order valence-electron chi connectivity index (χ1n) is 23.4. The van der Waals surface area contributed by atoms with Crippen molar-refractivity contribution in [1.29, 1.82) is 0 Å². The van der Waals surface area contributed by atoms with E-state index in [2.05, 4.69) is 30.7 Å². The highest BCUT2D eigenvalue weighted by molar-refractivity contribution is 6.04. The lowest BCUT2D eigenvalue weighted by Crippen LogP contribution is -2.62. The molecule has 1 unspecified atom stereocenters. The topological polar surface area (TPSA) is 173 Å². The second-order valence-corrected chi connectivity index (χ2v) is 19.4. The van der Waals surface area contributed by atoms with Crippen LogP contribution in [0, 0.1) is 23.0 Å². The van der Waals surface area contributed by atoms with Crippen molar-refractivity contribution in [3.63, 3.8) is 0 Å². The highest BCUT2D eigenvalue weighted by Crippen LogP contribution is 2.49. The fourth-order valence-corrected chi connectivity index (χ4v) is 11.7. The van der Waals surface area contributed by atoms with Crippen molar-refractivity contribution >= 4 is 52.5 Å². The standard InChI is InChI=1S/C48H61F2N9O6/c1-4-37-45(64)56(2)38-24-51-46(54-42(38)59(37)31-7-5-6-8-31)52-36-11-9-30(21-39(36)65-3)43(62)55-48(18-20-60)16-14-47(15-17-48)27-57(28-47)25-29-13-19-58(26-29)32-22-34(49)41(35(50)23-32)33-10-12-40(61)53-44(33)63/h9,11,21-24,29,31,33,37,60H,4-8,10,12-20,25-28H2,1-3H3,(H,55,62)(H,51,52,54)(H,53,61,63)/t29-,33?,37+/m0/s1. The number of halogens is 2. The molecule has 5 heterocycles. The summed E-state index contributed by atoms with van der Waals surface area (Å²) in [7, 11) is 3.33. The number of hydrogen-bond acceptors (Lipinski definition) is 12. The van der Waals surface area contributed by atoms with Crippen molar-refractivity contribution in [1.82, 2.24) is 25.5 Å². The minimum absolute atomic E-state index is 0.0425. The van der Waals surface area contributed by atoms with Crippen LogP contribution >= 0.6 is 0 Å². The summed E-state index contributed by atoms with van der Waals surface area (Å²) in [6.07, 6.45) is 11.5. The number of aromatic nitrogens is 2. The SMILES string of the molecule is CC[C@@H]1C(=O)N(C)c2cnc(Nc3ccc(C(=O)NC4(CCO)CCC5(CC4)CN(C[C@@H]4CCN(c6cc(F)c(C7CCC(=O)NC7=O)c(F)c6)C4)C5)cc3OC)nc2N1C1CCCC1. The Kier molecular flexibility index (Phi) is 12.5. The van der Waals surface area contributed by atoms with Gasteiger partial charge in [0, 0.05) is 81.2 Å². The molecule has 2 aromatic carbocycles. The van der Waals surface area contributed by atoms with Gasteiger partial charge in [-0.3, -0.25) is 24.5 Å². The highest BCUT2D eigenvalue weighted by Gasteiger charge is 2.50. The molecule has 0 bridgehead atoms. The highest BCUT2D eigenvalue weighted by atomic mass is 19.1. The Morgan fingerprint density at radius 1 is 1.02 bits per heavy atom. The second-order valence-electron chi connectivity index (χ2n) is 19.4. The number of anilines is 5. The number of likely N-dealkylation sites (N-methyl/N-ethyl adjacent to an activating group) is 1. The number of carbonyl (C=O) groups is 4. The van der Waals surface area contributed by atoms with Gasteiger partial charge in [-0.05, 0) is 106 Å². The number of carbonyl (C=O) groups excluding carboxylic acids is 4.